The molecule has 162 valence electrons. The van der Waals surface area contributed by atoms with Crippen LogP contribution < -0.4 is 20.1 Å². The van der Waals surface area contributed by atoms with Crippen LogP contribution in [0.3, 0.4) is 0 Å². The van der Waals surface area contributed by atoms with Crippen LogP contribution in [0.2, 0.25) is 0 Å². The molecule has 0 bridgehead atoms. The van der Waals surface area contributed by atoms with E-state index >= 15 is 0 Å². The minimum atomic E-state index is 0.857. The summed E-state index contributed by atoms with van der Waals surface area (Å²) in [5.41, 5.74) is 4.94. The van der Waals surface area contributed by atoms with Crippen LogP contribution in [0.5, 0.6) is 11.5 Å². The first kappa shape index (κ1) is 22.5. The van der Waals surface area contributed by atoms with Crippen LogP contribution in [0.15, 0.2) is 97.1 Å². The van der Waals surface area contributed by atoms with Crippen molar-refractivity contribution in [2.75, 3.05) is 26.5 Å². The van der Waals surface area contributed by atoms with E-state index in [0.717, 1.165) is 28.7 Å². The molecule has 0 heterocycles. The highest BCUT2D eigenvalue weighted by Crippen LogP contribution is 2.25. The largest absolute Gasteiger partial charge is 0.497 e. The van der Waals surface area contributed by atoms with Gasteiger partial charge < -0.3 is 9.47 Å². The fraction of sp³-hybridized carbons (Fsp3) is 0.143. The van der Waals surface area contributed by atoms with E-state index in [1.807, 2.05) is 24.3 Å². The molecular formula is C28H28O2P2. The van der Waals surface area contributed by atoms with Crippen LogP contribution in [0.1, 0.15) is 0 Å². The van der Waals surface area contributed by atoms with E-state index in [9.17, 15) is 0 Å². The molecule has 32 heavy (non-hydrogen) atoms. The molecule has 0 fully saturated rings. The number of hydrogen-bond acceptors (Lipinski definition) is 2. The van der Waals surface area contributed by atoms with Gasteiger partial charge in [-0.05, 0) is 69.5 Å². The Kier molecular flexibility index (Phi) is 7.94. The molecule has 2 unspecified atom stereocenters. The lowest BCUT2D eigenvalue weighted by Crippen LogP contribution is -1.99. The van der Waals surface area contributed by atoms with E-state index < -0.39 is 0 Å². The molecule has 0 amide bonds. The second kappa shape index (κ2) is 11.3. The Morgan fingerprint density at radius 2 is 0.719 bits per heavy atom. The lowest BCUT2D eigenvalue weighted by Gasteiger charge is -2.07. The second-order valence-electron chi connectivity index (χ2n) is 7.47. The Morgan fingerprint density at radius 3 is 1.00 bits per heavy atom. The van der Waals surface area contributed by atoms with Gasteiger partial charge in [0.05, 0.1) is 14.2 Å². The fourth-order valence-corrected chi connectivity index (χ4v) is 5.92. The minimum absolute atomic E-state index is 0.857. The Bertz CT molecular complexity index is 1010. The molecule has 2 atom stereocenters. The van der Waals surface area contributed by atoms with Crippen LogP contribution in [0, 0.1) is 0 Å². The molecule has 0 aliphatic rings. The summed E-state index contributed by atoms with van der Waals surface area (Å²) in [4.78, 5) is 0. The smallest absolute Gasteiger partial charge is 0.118 e. The predicted octanol–water partition coefficient (Wildman–Crippen LogP) is 6.35. The third-order valence-electron chi connectivity index (χ3n) is 5.40. The van der Waals surface area contributed by atoms with Gasteiger partial charge in [0.15, 0.2) is 0 Å². The van der Waals surface area contributed by atoms with E-state index in [2.05, 4.69) is 72.8 Å². The molecular weight excluding hydrogens is 430 g/mol. The number of ether oxygens (including phenoxy) is 2. The molecule has 4 heteroatoms. The number of methoxy groups -OCH3 is 2. The molecule has 4 aromatic carbocycles. The molecule has 4 rings (SSSR count). The van der Waals surface area contributed by atoms with E-state index in [-0.39, 0.29) is 0 Å². The summed E-state index contributed by atoms with van der Waals surface area (Å²) in [7, 11) is 5.11. The first-order valence-corrected chi connectivity index (χ1v) is 13.1. The first-order chi connectivity index (χ1) is 15.7. The third-order valence-corrected chi connectivity index (χ3v) is 8.38. The van der Waals surface area contributed by atoms with Gasteiger partial charge >= 0.3 is 0 Å². The maximum Gasteiger partial charge on any atom is 0.118 e. The standard InChI is InChI=1S/C28H28O2P2/c1-29-25-11-3-21(4-12-25)23-7-15-27(16-8-23)31-19-20-32-28-17-9-24(10-18-28)22-5-13-26(30-2)14-6-22/h3-18,31-32H,19-20H2,1-2H3. The fourth-order valence-electron chi connectivity index (χ4n) is 3.54. The van der Waals surface area contributed by atoms with Gasteiger partial charge in [-0.3, -0.25) is 0 Å². The maximum atomic E-state index is 5.24. The van der Waals surface area contributed by atoms with Crippen LogP contribution in [-0.2, 0) is 0 Å². The van der Waals surface area contributed by atoms with Gasteiger partial charge in [-0.15, -0.1) is 0 Å². The van der Waals surface area contributed by atoms with E-state index in [1.165, 1.54) is 45.2 Å². The summed E-state index contributed by atoms with van der Waals surface area (Å²) in [6.07, 6.45) is 2.47. The lowest BCUT2D eigenvalue weighted by molar-refractivity contribution is 0.415. The van der Waals surface area contributed by atoms with E-state index in [0.29, 0.717) is 0 Å². The van der Waals surface area contributed by atoms with Gasteiger partial charge in [-0.2, -0.15) is 0 Å². The minimum Gasteiger partial charge on any atom is -0.497 e. The van der Waals surface area contributed by atoms with Crippen LogP contribution in [0.4, 0.5) is 0 Å². The monoisotopic (exact) mass is 458 g/mol. The van der Waals surface area contributed by atoms with E-state index in [1.54, 1.807) is 14.2 Å². The molecule has 4 aromatic rings. The van der Waals surface area contributed by atoms with Crippen molar-refractivity contribution in [3.8, 4) is 33.8 Å². The predicted molar refractivity (Wildman–Crippen MR) is 142 cm³/mol. The average molecular weight is 458 g/mol. The lowest BCUT2D eigenvalue weighted by atomic mass is 10.1. The highest BCUT2D eigenvalue weighted by Gasteiger charge is 2.02. The zero-order valence-corrected chi connectivity index (χ0v) is 20.5. The van der Waals surface area contributed by atoms with Gasteiger partial charge in [0, 0.05) is 0 Å². The molecule has 0 saturated heterocycles. The molecule has 0 spiro atoms. The second-order valence-corrected chi connectivity index (χ2v) is 10.3. The summed E-state index contributed by atoms with van der Waals surface area (Å²) < 4.78 is 10.5. The average Bonchev–Trinajstić information content (AvgIpc) is 2.87. The Labute approximate surface area is 194 Å². The SMILES string of the molecule is COc1ccc(-c2ccc(PCCPc3ccc(-c4ccc(OC)cc4)cc3)cc2)cc1. The van der Waals surface area contributed by atoms with Gasteiger partial charge in [0.25, 0.3) is 0 Å². The van der Waals surface area contributed by atoms with Gasteiger partial charge in [0.1, 0.15) is 11.5 Å². The van der Waals surface area contributed by atoms with Gasteiger partial charge in [-0.25, -0.2) is 0 Å². The third kappa shape index (κ3) is 5.98. The number of benzene rings is 4. The van der Waals surface area contributed by atoms with Crippen LogP contribution in [-0.4, -0.2) is 26.5 Å². The quantitative estimate of drug-likeness (QED) is 0.215. The topological polar surface area (TPSA) is 18.5 Å². The van der Waals surface area contributed by atoms with Crippen molar-refractivity contribution in [1.29, 1.82) is 0 Å². The summed E-state index contributed by atoms with van der Waals surface area (Å²) in [6.45, 7) is 0. The van der Waals surface area contributed by atoms with Crippen molar-refractivity contribution >= 4 is 27.8 Å². The molecule has 0 aliphatic heterocycles. The van der Waals surface area contributed by atoms with Crippen molar-refractivity contribution in [3.63, 3.8) is 0 Å². The van der Waals surface area contributed by atoms with Crippen molar-refractivity contribution in [2.45, 2.75) is 0 Å². The highest BCUT2D eigenvalue weighted by molar-refractivity contribution is 7.51. The number of rotatable bonds is 9. The number of hydrogen-bond donors (Lipinski definition) is 0. The molecule has 0 radical (unpaired) electrons. The zero-order valence-electron chi connectivity index (χ0n) is 18.5. The summed E-state index contributed by atoms with van der Waals surface area (Å²) in [5.74, 6) is 1.78. The molecule has 2 nitrogen and oxygen atoms in total. The maximum absolute atomic E-state index is 5.24. The Balaban J connectivity index is 1.24. The Hall–Kier alpha value is -2.66. The Morgan fingerprint density at radius 1 is 0.438 bits per heavy atom. The molecule has 0 aromatic heterocycles. The molecule has 0 aliphatic carbocycles. The van der Waals surface area contributed by atoms with Crippen molar-refractivity contribution in [2.24, 2.45) is 0 Å². The summed E-state index contributed by atoms with van der Waals surface area (Å²) >= 11 is 0. The highest BCUT2D eigenvalue weighted by atomic mass is 31.1. The van der Waals surface area contributed by atoms with Gasteiger partial charge in [0.2, 0.25) is 0 Å². The van der Waals surface area contributed by atoms with Crippen molar-refractivity contribution in [1.82, 2.24) is 0 Å². The van der Waals surface area contributed by atoms with E-state index in [4.69, 9.17) is 9.47 Å². The van der Waals surface area contributed by atoms with Crippen molar-refractivity contribution < 1.29 is 9.47 Å². The van der Waals surface area contributed by atoms with Crippen LogP contribution in [0.25, 0.3) is 22.3 Å². The summed E-state index contributed by atoms with van der Waals surface area (Å²) in [6, 6.07) is 34.5. The molecule has 0 saturated carbocycles. The molecule has 0 N–H and O–H groups in total. The van der Waals surface area contributed by atoms with Crippen molar-refractivity contribution in [3.05, 3.63) is 97.1 Å². The van der Waals surface area contributed by atoms with Gasteiger partial charge in [-0.1, -0.05) is 90.0 Å². The first-order valence-electron chi connectivity index (χ1n) is 10.7. The normalized spacial score (nSPS) is 11.4. The van der Waals surface area contributed by atoms with Crippen LogP contribution >= 0.6 is 17.2 Å². The zero-order chi connectivity index (χ0) is 22.2. The summed E-state index contributed by atoms with van der Waals surface area (Å²) in [5, 5.41) is 2.86.